The van der Waals surface area contributed by atoms with Crippen LogP contribution in [0.25, 0.3) is 5.65 Å². The number of rotatable bonds is 5. The fourth-order valence-corrected chi connectivity index (χ4v) is 3.99. The first-order chi connectivity index (χ1) is 15.2. The van der Waals surface area contributed by atoms with Gasteiger partial charge in [0.05, 0.1) is 11.8 Å². The van der Waals surface area contributed by atoms with E-state index >= 15 is 0 Å². The number of nitrogens with zero attached hydrogens (tertiary/aromatic N) is 4. The Hall–Kier alpha value is -3.46. The van der Waals surface area contributed by atoms with Crippen molar-refractivity contribution in [2.75, 3.05) is 23.3 Å². The number of hydrogen-bond acceptors (Lipinski definition) is 6. The van der Waals surface area contributed by atoms with Crippen LogP contribution in [0.2, 0.25) is 0 Å². The van der Waals surface area contributed by atoms with E-state index in [2.05, 4.69) is 25.6 Å². The summed E-state index contributed by atoms with van der Waals surface area (Å²) in [5.74, 6) is 0.901. The minimum absolute atomic E-state index is 0.0422. The lowest BCUT2D eigenvalue weighted by Crippen LogP contribution is -2.47. The summed E-state index contributed by atoms with van der Waals surface area (Å²) in [5, 5.41) is 20.4. The predicted molar refractivity (Wildman–Crippen MR) is 122 cm³/mol. The van der Waals surface area contributed by atoms with Crippen molar-refractivity contribution in [1.29, 1.82) is 0 Å². The normalized spacial score (nSPS) is 16.8. The first-order valence-electron chi connectivity index (χ1n) is 10.7. The van der Waals surface area contributed by atoms with E-state index in [1.807, 2.05) is 0 Å². The third-order valence-corrected chi connectivity index (χ3v) is 5.59. The SMILES string of the molecule is CC(=O)NC1CCCN(c2cc(NC(=O)c3ccc(C(C)(C)O)cc3)nc3ccnn23)C1. The van der Waals surface area contributed by atoms with Crippen LogP contribution >= 0.6 is 0 Å². The zero-order chi connectivity index (χ0) is 22.9. The maximum absolute atomic E-state index is 12.8. The summed E-state index contributed by atoms with van der Waals surface area (Å²) in [6.07, 6.45) is 3.53. The third kappa shape index (κ3) is 4.72. The summed E-state index contributed by atoms with van der Waals surface area (Å²) in [5.41, 5.74) is 0.853. The molecule has 1 saturated heterocycles. The molecule has 3 aromatic rings. The second-order valence-corrected chi connectivity index (χ2v) is 8.68. The van der Waals surface area contributed by atoms with Crippen LogP contribution in [0.5, 0.6) is 0 Å². The van der Waals surface area contributed by atoms with Crippen molar-refractivity contribution in [1.82, 2.24) is 19.9 Å². The topological polar surface area (TPSA) is 112 Å². The minimum atomic E-state index is -0.970. The Kier molecular flexibility index (Phi) is 5.84. The van der Waals surface area contributed by atoms with E-state index in [0.29, 0.717) is 23.6 Å². The molecule has 1 unspecified atom stereocenters. The minimum Gasteiger partial charge on any atom is -0.386 e. The highest BCUT2D eigenvalue weighted by Crippen LogP contribution is 2.24. The Morgan fingerprint density at radius 1 is 1.19 bits per heavy atom. The van der Waals surface area contributed by atoms with Gasteiger partial charge < -0.3 is 20.6 Å². The summed E-state index contributed by atoms with van der Waals surface area (Å²) >= 11 is 0. The van der Waals surface area contributed by atoms with E-state index < -0.39 is 5.60 Å². The molecule has 9 heteroatoms. The highest BCUT2D eigenvalue weighted by molar-refractivity contribution is 6.04. The molecular formula is C23H28N6O3. The monoisotopic (exact) mass is 436 g/mol. The Morgan fingerprint density at radius 3 is 2.62 bits per heavy atom. The summed E-state index contributed by atoms with van der Waals surface area (Å²) in [4.78, 5) is 31.0. The van der Waals surface area contributed by atoms with Crippen molar-refractivity contribution < 1.29 is 14.7 Å². The van der Waals surface area contributed by atoms with Gasteiger partial charge in [-0.15, -0.1) is 0 Å². The number of hydrogen-bond donors (Lipinski definition) is 3. The highest BCUT2D eigenvalue weighted by Gasteiger charge is 2.24. The number of piperidine rings is 1. The average Bonchev–Trinajstić information content (AvgIpc) is 3.21. The lowest BCUT2D eigenvalue weighted by atomic mass is 9.97. The molecule has 0 aliphatic carbocycles. The van der Waals surface area contributed by atoms with Gasteiger partial charge in [0.25, 0.3) is 5.91 Å². The van der Waals surface area contributed by atoms with Crippen molar-refractivity contribution in [3.05, 3.63) is 53.7 Å². The molecule has 1 atom stereocenters. The Bertz CT molecular complexity index is 1130. The van der Waals surface area contributed by atoms with Crippen LogP contribution in [-0.2, 0) is 10.4 Å². The highest BCUT2D eigenvalue weighted by atomic mass is 16.3. The molecule has 1 aromatic carbocycles. The molecule has 0 radical (unpaired) electrons. The van der Waals surface area contributed by atoms with Gasteiger partial charge >= 0.3 is 0 Å². The largest absolute Gasteiger partial charge is 0.386 e. The van der Waals surface area contributed by atoms with Gasteiger partial charge in [0, 0.05) is 43.8 Å². The molecule has 1 aliphatic rings. The Labute approximate surface area is 186 Å². The third-order valence-electron chi connectivity index (χ3n) is 5.59. The van der Waals surface area contributed by atoms with E-state index in [4.69, 9.17) is 0 Å². The van der Waals surface area contributed by atoms with Crippen molar-refractivity contribution in [3.8, 4) is 0 Å². The predicted octanol–water partition coefficient (Wildman–Crippen LogP) is 2.31. The number of nitrogens with one attached hydrogen (secondary N) is 2. The van der Waals surface area contributed by atoms with Crippen LogP contribution in [0.4, 0.5) is 11.6 Å². The molecule has 0 saturated carbocycles. The molecule has 0 bridgehead atoms. The molecule has 168 valence electrons. The lowest BCUT2D eigenvalue weighted by molar-refractivity contribution is -0.119. The number of aromatic nitrogens is 3. The van der Waals surface area contributed by atoms with Gasteiger partial charge in [0.1, 0.15) is 11.6 Å². The molecule has 32 heavy (non-hydrogen) atoms. The van der Waals surface area contributed by atoms with Crippen molar-refractivity contribution >= 4 is 29.1 Å². The van der Waals surface area contributed by atoms with Crippen molar-refractivity contribution in [3.63, 3.8) is 0 Å². The van der Waals surface area contributed by atoms with Gasteiger partial charge in [-0.1, -0.05) is 12.1 Å². The van der Waals surface area contributed by atoms with Gasteiger partial charge in [0.15, 0.2) is 5.65 Å². The summed E-state index contributed by atoms with van der Waals surface area (Å²) in [6.45, 7) is 6.40. The molecule has 2 aromatic heterocycles. The standard InChI is InChI=1S/C23H28N6O3/c1-15(30)25-18-5-4-12-28(14-18)21-13-19(26-20-10-11-24-29(20)21)27-22(31)16-6-8-17(9-7-16)23(2,3)32/h6-11,13,18,32H,4-5,12,14H2,1-3H3,(H,25,30)(H,26,27,31). The zero-order valence-electron chi connectivity index (χ0n) is 18.5. The van der Waals surface area contributed by atoms with Crippen LogP contribution in [0, 0.1) is 0 Å². The van der Waals surface area contributed by atoms with E-state index in [9.17, 15) is 14.7 Å². The van der Waals surface area contributed by atoms with Crippen LogP contribution in [0.15, 0.2) is 42.6 Å². The number of carbonyl (C=O) groups excluding carboxylic acids is 2. The molecule has 2 amide bonds. The summed E-state index contributed by atoms with van der Waals surface area (Å²) in [6, 6.07) is 10.5. The van der Waals surface area contributed by atoms with E-state index in [0.717, 1.165) is 30.8 Å². The van der Waals surface area contributed by atoms with Crippen molar-refractivity contribution in [2.45, 2.75) is 45.3 Å². The quantitative estimate of drug-likeness (QED) is 0.566. The lowest BCUT2D eigenvalue weighted by Gasteiger charge is -2.34. The number of carbonyl (C=O) groups is 2. The first kappa shape index (κ1) is 21.8. The summed E-state index contributed by atoms with van der Waals surface area (Å²) in [7, 11) is 0. The van der Waals surface area contributed by atoms with E-state index in [1.165, 1.54) is 6.92 Å². The fourth-order valence-electron chi connectivity index (χ4n) is 3.99. The fraction of sp³-hybridized carbons (Fsp3) is 0.391. The van der Waals surface area contributed by atoms with Gasteiger partial charge in [-0.05, 0) is 44.4 Å². The van der Waals surface area contributed by atoms with E-state index in [1.54, 1.807) is 61.0 Å². The second kappa shape index (κ2) is 8.58. The average molecular weight is 437 g/mol. The van der Waals surface area contributed by atoms with Gasteiger partial charge in [0.2, 0.25) is 5.91 Å². The molecule has 4 rings (SSSR count). The molecule has 3 N–H and O–H groups in total. The van der Waals surface area contributed by atoms with Crippen LogP contribution < -0.4 is 15.5 Å². The van der Waals surface area contributed by atoms with Gasteiger partial charge in [-0.25, -0.2) is 4.98 Å². The first-order valence-corrected chi connectivity index (χ1v) is 10.7. The Morgan fingerprint density at radius 2 is 1.94 bits per heavy atom. The molecule has 1 aliphatic heterocycles. The molecular weight excluding hydrogens is 408 g/mol. The number of aliphatic hydroxyl groups is 1. The van der Waals surface area contributed by atoms with Gasteiger partial charge in [-0.2, -0.15) is 9.61 Å². The van der Waals surface area contributed by atoms with Crippen LogP contribution in [0.1, 0.15) is 49.5 Å². The molecule has 0 spiro atoms. The number of anilines is 2. The van der Waals surface area contributed by atoms with Crippen molar-refractivity contribution in [2.24, 2.45) is 0 Å². The summed E-state index contributed by atoms with van der Waals surface area (Å²) < 4.78 is 1.74. The maximum atomic E-state index is 12.8. The number of benzene rings is 1. The molecule has 1 fully saturated rings. The van der Waals surface area contributed by atoms with Gasteiger partial charge in [-0.3, -0.25) is 9.59 Å². The van der Waals surface area contributed by atoms with Crippen LogP contribution in [0.3, 0.4) is 0 Å². The zero-order valence-corrected chi connectivity index (χ0v) is 18.5. The molecule has 9 nitrogen and oxygen atoms in total. The Balaban J connectivity index is 1.58. The number of amides is 2. The number of fused-ring (bicyclic) bond motifs is 1. The smallest absolute Gasteiger partial charge is 0.256 e. The molecule has 3 heterocycles. The van der Waals surface area contributed by atoms with E-state index in [-0.39, 0.29) is 17.9 Å². The second-order valence-electron chi connectivity index (χ2n) is 8.68. The maximum Gasteiger partial charge on any atom is 0.256 e. The van der Waals surface area contributed by atoms with Crippen LogP contribution in [-0.4, -0.2) is 50.7 Å².